The maximum Gasteiger partial charge on any atom is 0.309 e. The fourth-order valence-corrected chi connectivity index (χ4v) is 2.45. The van der Waals surface area contributed by atoms with Crippen molar-refractivity contribution in [3.05, 3.63) is 24.5 Å². The zero-order valence-electron chi connectivity index (χ0n) is 12.4. The van der Waals surface area contributed by atoms with E-state index in [1.165, 1.54) is 0 Å². The molecule has 1 aromatic heterocycles. The summed E-state index contributed by atoms with van der Waals surface area (Å²) in [5.74, 6) is -0.246. The number of carbonyl (C=O) groups is 1. The summed E-state index contributed by atoms with van der Waals surface area (Å²) >= 11 is 0. The van der Waals surface area contributed by atoms with Crippen LogP contribution in [0.2, 0.25) is 0 Å². The smallest absolute Gasteiger partial charge is 0.309 e. The van der Waals surface area contributed by atoms with Gasteiger partial charge in [0, 0.05) is 24.6 Å². The molecule has 2 heterocycles. The van der Waals surface area contributed by atoms with Gasteiger partial charge in [0.15, 0.2) is 0 Å². The van der Waals surface area contributed by atoms with Crippen LogP contribution in [-0.2, 0) is 9.53 Å². The SMILES string of the molecule is CC(C)(C)OC(=O)C1CCN(c2ccncc2)C(N)C1. The number of carbonyl (C=O) groups excluding carboxylic acids is 1. The number of esters is 1. The van der Waals surface area contributed by atoms with Crippen LogP contribution in [0.5, 0.6) is 0 Å². The highest BCUT2D eigenvalue weighted by Crippen LogP contribution is 2.27. The summed E-state index contributed by atoms with van der Waals surface area (Å²) in [6, 6.07) is 3.88. The molecule has 1 saturated heterocycles. The maximum absolute atomic E-state index is 12.1. The van der Waals surface area contributed by atoms with E-state index >= 15 is 0 Å². The van der Waals surface area contributed by atoms with Crippen molar-refractivity contribution >= 4 is 11.7 Å². The van der Waals surface area contributed by atoms with Gasteiger partial charge >= 0.3 is 5.97 Å². The van der Waals surface area contributed by atoms with E-state index in [4.69, 9.17) is 10.5 Å². The molecule has 0 amide bonds. The summed E-state index contributed by atoms with van der Waals surface area (Å²) in [6.07, 6.45) is 4.73. The van der Waals surface area contributed by atoms with Crippen LogP contribution in [0.25, 0.3) is 0 Å². The highest BCUT2D eigenvalue weighted by molar-refractivity contribution is 5.73. The Bertz CT molecular complexity index is 456. The topological polar surface area (TPSA) is 68.5 Å². The fraction of sp³-hybridized carbons (Fsp3) is 0.600. The number of hydrogen-bond acceptors (Lipinski definition) is 5. The summed E-state index contributed by atoms with van der Waals surface area (Å²) in [6.45, 7) is 6.42. The number of anilines is 1. The molecule has 1 aromatic rings. The van der Waals surface area contributed by atoms with Gasteiger partial charge in [0.25, 0.3) is 0 Å². The summed E-state index contributed by atoms with van der Waals surface area (Å²) in [5, 5.41) is 0. The van der Waals surface area contributed by atoms with E-state index in [1.807, 2.05) is 32.9 Å². The molecule has 0 saturated carbocycles. The molecule has 2 unspecified atom stereocenters. The molecule has 0 bridgehead atoms. The molecule has 0 aromatic carbocycles. The van der Waals surface area contributed by atoms with Gasteiger partial charge in [0.1, 0.15) is 5.60 Å². The lowest BCUT2D eigenvalue weighted by Crippen LogP contribution is -2.50. The Labute approximate surface area is 120 Å². The van der Waals surface area contributed by atoms with E-state index in [2.05, 4.69) is 9.88 Å². The van der Waals surface area contributed by atoms with Gasteiger partial charge in [-0.3, -0.25) is 9.78 Å². The molecular formula is C15H23N3O2. The van der Waals surface area contributed by atoms with Gasteiger partial charge in [-0.25, -0.2) is 0 Å². The molecule has 20 heavy (non-hydrogen) atoms. The van der Waals surface area contributed by atoms with Crippen molar-refractivity contribution < 1.29 is 9.53 Å². The molecule has 1 aliphatic heterocycles. The minimum atomic E-state index is -0.441. The quantitative estimate of drug-likeness (QED) is 0.836. The predicted molar refractivity (Wildman–Crippen MR) is 78.1 cm³/mol. The Kier molecular flexibility index (Phi) is 4.28. The second kappa shape index (κ2) is 5.79. The Morgan fingerprint density at radius 1 is 1.40 bits per heavy atom. The van der Waals surface area contributed by atoms with Gasteiger partial charge in [-0.1, -0.05) is 0 Å². The number of nitrogens with two attached hydrogens (primary N) is 1. The van der Waals surface area contributed by atoms with Crippen LogP contribution in [0.15, 0.2) is 24.5 Å². The van der Waals surface area contributed by atoms with Gasteiger partial charge in [-0.05, 0) is 45.7 Å². The number of rotatable bonds is 2. The largest absolute Gasteiger partial charge is 0.460 e. The zero-order valence-corrected chi connectivity index (χ0v) is 12.4. The Morgan fingerprint density at radius 3 is 2.60 bits per heavy atom. The van der Waals surface area contributed by atoms with Gasteiger partial charge < -0.3 is 15.4 Å². The first-order valence-electron chi connectivity index (χ1n) is 7.02. The second-order valence-corrected chi connectivity index (χ2v) is 6.22. The van der Waals surface area contributed by atoms with Crippen LogP contribution >= 0.6 is 0 Å². The first kappa shape index (κ1) is 14.8. The van der Waals surface area contributed by atoms with Crippen molar-refractivity contribution in [1.29, 1.82) is 0 Å². The molecule has 1 aliphatic rings. The van der Waals surface area contributed by atoms with Crippen LogP contribution < -0.4 is 10.6 Å². The minimum Gasteiger partial charge on any atom is -0.460 e. The van der Waals surface area contributed by atoms with Crippen molar-refractivity contribution in [2.45, 2.75) is 45.4 Å². The third kappa shape index (κ3) is 3.70. The van der Waals surface area contributed by atoms with Crippen molar-refractivity contribution in [1.82, 2.24) is 4.98 Å². The number of hydrogen-bond donors (Lipinski definition) is 1. The molecule has 0 spiro atoms. The van der Waals surface area contributed by atoms with E-state index in [9.17, 15) is 4.79 Å². The maximum atomic E-state index is 12.1. The molecule has 2 rings (SSSR count). The molecule has 0 radical (unpaired) electrons. The van der Waals surface area contributed by atoms with Crippen molar-refractivity contribution in [3.8, 4) is 0 Å². The highest BCUT2D eigenvalue weighted by Gasteiger charge is 2.33. The molecule has 2 atom stereocenters. The monoisotopic (exact) mass is 277 g/mol. The molecular weight excluding hydrogens is 254 g/mol. The van der Waals surface area contributed by atoms with Crippen molar-refractivity contribution in [2.24, 2.45) is 11.7 Å². The molecule has 1 fully saturated rings. The van der Waals surface area contributed by atoms with E-state index in [1.54, 1.807) is 12.4 Å². The van der Waals surface area contributed by atoms with E-state index < -0.39 is 5.60 Å². The molecule has 0 aliphatic carbocycles. The summed E-state index contributed by atoms with van der Waals surface area (Å²) in [5.41, 5.74) is 6.81. The third-order valence-electron chi connectivity index (χ3n) is 3.38. The van der Waals surface area contributed by atoms with Gasteiger partial charge in [-0.2, -0.15) is 0 Å². The van der Waals surface area contributed by atoms with Crippen LogP contribution in [-0.4, -0.2) is 29.3 Å². The van der Waals surface area contributed by atoms with E-state index in [0.29, 0.717) is 6.42 Å². The Hall–Kier alpha value is -1.62. The summed E-state index contributed by atoms with van der Waals surface area (Å²) in [7, 11) is 0. The fourth-order valence-electron chi connectivity index (χ4n) is 2.45. The van der Waals surface area contributed by atoms with Crippen LogP contribution in [0.3, 0.4) is 0 Å². The first-order valence-corrected chi connectivity index (χ1v) is 7.02. The normalized spacial score (nSPS) is 23.5. The van der Waals surface area contributed by atoms with Gasteiger partial charge in [0.2, 0.25) is 0 Å². The number of ether oxygens (including phenoxy) is 1. The van der Waals surface area contributed by atoms with Crippen molar-refractivity contribution in [3.63, 3.8) is 0 Å². The molecule has 5 nitrogen and oxygen atoms in total. The van der Waals surface area contributed by atoms with E-state index in [-0.39, 0.29) is 18.1 Å². The van der Waals surface area contributed by atoms with Crippen LogP contribution in [0, 0.1) is 5.92 Å². The minimum absolute atomic E-state index is 0.109. The lowest BCUT2D eigenvalue weighted by molar-refractivity contribution is -0.161. The van der Waals surface area contributed by atoms with Gasteiger partial charge in [-0.15, -0.1) is 0 Å². The Morgan fingerprint density at radius 2 is 2.05 bits per heavy atom. The predicted octanol–water partition coefficient (Wildman–Crippen LogP) is 1.92. The van der Waals surface area contributed by atoms with Crippen LogP contribution in [0.1, 0.15) is 33.6 Å². The summed E-state index contributed by atoms with van der Waals surface area (Å²) in [4.78, 5) is 18.2. The Balaban J connectivity index is 1.97. The molecule has 110 valence electrons. The van der Waals surface area contributed by atoms with Crippen molar-refractivity contribution in [2.75, 3.05) is 11.4 Å². The third-order valence-corrected chi connectivity index (χ3v) is 3.38. The first-order chi connectivity index (χ1) is 9.37. The number of nitrogens with zero attached hydrogens (tertiary/aromatic N) is 2. The van der Waals surface area contributed by atoms with Gasteiger partial charge in [0.05, 0.1) is 12.1 Å². The second-order valence-electron chi connectivity index (χ2n) is 6.22. The van der Waals surface area contributed by atoms with Crippen LogP contribution in [0.4, 0.5) is 5.69 Å². The average Bonchev–Trinajstić information content (AvgIpc) is 2.37. The lowest BCUT2D eigenvalue weighted by Gasteiger charge is -2.38. The molecule has 5 heteroatoms. The number of piperidine rings is 1. The number of aromatic nitrogens is 1. The highest BCUT2D eigenvalue weighted by atomic mass is 16.6. The number of pyridine rings is 1. The average molecular weight is 277 g/mol. The zero-order chi connectivity index (χ0) is 14.8. The molecule has 2 N–H and O–H groups in total. The lowest BCUT2D eigenvalue weighted by atomic mass is 9.94. The summed E-state index contributed by atoms with van der Waals surface area (Å²) < 4.78 is 5.44. The van der Waals surface area contributed by atoms with E-state index in [0.717, 1.165) is 18.7 Å². The standard InChI is InChI=1S/C15H23N3O2/c1-15(2,3)20-14(19)11-6-9-18(13(16)10-11)12-4-7-17-8-5-12/h4-5,7-8,11,13H,6,9-10,16H2,1-3H3.